The van der Waals surface area contributed by atoms with Gasteiger partial charge >= 0.3 is 0 Å². The molecule has 0 amide bonds. The number of allylic oxidation sites excluding steroid dienone is 4. The Balaban J connectivity index is 1.70. The largest absolute Gasteiger partial charge is 0.493 e. The summed E-state index contributed by atoms with van der Waals surface area (Å²) in [6, 6.07) is 15.0. The fourth-order valence-electron chi connectivity index (χ4n) is 4.17. The molecule has 1 heteroatoms. The lowest BCUT2D eigenvalue weighted by Gasteiger charge is -2.35. The summed E-state index contributed by atoms with van der Waals surface area (Å²) in [6.07, 6.45) is 7.94. The van der Waals surface area contributed by atoms with Gasteiger partial charge in [0, 0.05) is 6.42 Å². The number of hydrogen-bond acceptors (Lipinski definition) is 1. The Morgan fingerprint density at radius 1 is 0.926 bits per heavy atom. The molecule has 0 heterocycles. The maximum Gasteiger partial charge on any atom is 0.113 e. The van der Waals surface area contributed by atoms with Gasteiger partial charge in [-0.1, -0.05) is 88.7 Å². The van der Waals surface area contributed by atoms with Crippen LogP contribution < -0.4 is 0 Å². The Hall–Kier alpha value is -2.02. The van der Waals surface area contributed by atoms with E-state index in [0.717, 1.165) is 24.5 Å². The van der Waals surface area contributed by atoms with E-state index in [-0.39, 0.29) is 0 Å². The van der Waals surface area contributed by atoms with Crippen molar-refractivity contribution in [3.8, 4) is 0 Å². The predicted molar refractivity (Wildman–Crippen MR) is 117 cm³/mol. The highest BCUT2D eigenvalue weighted by molar-refractivity contribution is 5.85. The molecule has 0 fully saturated rings. The molecular formula is C26H34O. The minimum atomic E-state index is 0.311. The maximum absolute atomic E-state index is 6.19. The Labute approximate surface area is 165 Å². The van der Waals surface area contributed by atoms with E-state index in [4.69, 9.17) is 4.74 Å². The van der Waals surface area contributed by atoms with E-state index in [2.05, 4.69) is 89.2 Å². The summed E-state index contributed by atoms with van der Waals surface area (Å²) in [5, 5.41) is 2.57. The summed E-state index contributed by atoms with van der Waals surface area (Å²) in [4.78, 5) is 0. The van der Waals surface area contributed by atoms with Crippen LogP contribution in [0.15, 0.2) is 65.9 Å². The summed E-state index contributed by atoms with van der Waals surface area (Å²) < 4.78 is 6.19. The summed E-state index contributed by atoms with van der Waals surface area (Å²) in [6.45, 7) is 12.4. The number of hydrogen-bond donors (Lipinski definition) is 0. The third kappa shape index (κ3) is 5.03. The van der Waals surface area contributed by atoms with Gasteiger partial charge in [-0.15, -0.1) is 0 Å². The van der Waals surface area contributed by atoms with Crippen molar-refractivity contribution in [1.29, 1.82) is 0 Å². The third-order valence-corrected chi connectivity index (χ3v) is 5.64. The van der Waals surface area contributed by atoms with Crippen molar-refractivity contribution >= 4 is 10.8 Å². The van der Waals surface area contributed by atoms with E-state index < -0.39 is 0 Å². The van der Waals surface area contributed by atoms with Crippen LogP contribution in [0.1, 0.15) is 59.4 Å². The molecule has 0 radical (unpaired) electrons. The fraction of sp³-hybridized carbons (Fsp3) is 0.462. The number of rotatable bonds is 6. The SMILES string of the molecule is CC(C)CC(C1=CC=C(OCc2cccc3ccccc23)CC1)C(C)(C)C. The molecule has 1 atom stereocenters. The van der Waals surface area contributed by atoms with E-state index in [1.807, 2.05) is 0 Å². The van der Waals surface area contributed by atoms with E-state index in [9.17, 15) is 0 Å². The van der Waals surface area contributed by atoms with Crippen molar-refractivity contribution in [3.05, 3.63) is 71.5 Å². The average Bonchev–Trinajstić information content (AvgIpc) is 2.64. The lowest BCUT2D eigenvalue weighted by atomic mass is 9.70. The molecule has 1 aliphatic rings. The summed E-state index contributed by atoms with van der Waals surface area (Å²) in [7, 11) is 0. The first-order valence-corrected chi connectivity index (χ1v) is 10.3. The minimum absolute atomic E-state index is 0.311. The van der Waals surface area contributed by atoms with Gasteiger partial charge in [0.1, 0.15) is 6.61 Å². The van der Waals surface area contributed by atoms with E-state index >= 15 is 0 Å². The fourth-order valence-corrected chi connectivity index (χ4v) is 4.17. The molecule has 2 aromatic rings. The molecule has 0 bridgehead atoms. The second kappa shape index (κ2) is 8.33. The first kappa shape index (κ1) is 19.7. The topological polar surface area (TPSA) is 9.23 Å². The van der Waals surface area contributed by atoms with E-state index in [0.29, 0.717) is 17.9 Å². The van der Waals surface area contributed by atoms with E-state index in [1.165, 1.54) is 22.8 Å². The first-order chi connectivity index (χ1) is 12.8. The standard InChI is InChI=1S/C26H34O/c1-19(2)17-25(26(3,4)5)21-13-15-23(16-14-21)27-18-22-11-8-10-20-9-6-7-12-24(20)22/h6-13,15,19,25H,14,16-18H2,1-5H3. The monoisotopic (exact) mass is 362 g/mol. The van der Waals surface area contributed by atoms with Crippen molar-refractivity contribution in [1.82, 2.24) is 0 Å². The molecule has 0 saturated carbocycles. The van der Waals surface area contributed by atoms with Gasteiger partial charge in [0.25, 0.3) is 0 Å². The van der Waals surface area contributed by atoms with Crippen LogP contribution in [-0.2, 0) is 11.3 Å². The molecule has 3 rings (SSSR count). The van der Waals surface area contributed by atoms with Gasteiger partial charge in [-0.2, -0.15) is 0 Å². The Morgan fingerprint density at radius 3 is 2.33 bits per heavy atom. The van der Waals surface area contributed by atoms with Crippen LogP contribution in [0.25, 0.3) is 10.8 Å². The van der Waals surface area contributed by atoms with Gasteiger partial charge in [0.2, 0.25) is 0 Å². The number of ether oxygens (including phenoxy) is 1. The predicted octanol–water partition coefficient (Wildman–Crippen LogP) is 7.67. The lowest BCUT2D eigenvalue weighted by Crippen LogP contribution is -2.25. The van der Waals surface area contributed by atoms with Crippen molar-refractivity contribution in [2.45, 2.75) is 60.5 Å². The molecule has 0 saturated heterocycles. The van der Waals surface area contributed by atoms with E-state index in [1.54, 1.807) is 5.57 Å². The highest BCUT2D eigenvalue weighted by Crippen LogP contribution is 2.40. The molecule has 0 aromatic heterocycles. The lowest BCUT2D eigenvalue weighted by molar-refractivity contribution is 0.184. The molecule has 2 aromatic carbocycles. The highest BCUT2D eigenvalue weighted by atomic mass is 16.5. The average molecular weight is 363 g/mol. The second-order valence-electron chi connectivity index (χ2n) is 9.35. The summed E-state index contributed by atoms with van der Waals surface area (Å²) in [5.74, 6) is 2.49. The molecule has 27 heavy (non-hydrogen) atoms. The van der Waals surface area contributed by atoms with Crippen molar-refractivity contribution in [2.24, 2.45) is 17.3 Å². The zero-order valence-corrected chi connectivity index (χ0v) is 17.6. The van der Waals surface area contributed by atoms with Gasteiger partial charge in [0.15, 0.2) is 0 Å². The van der Waals surface area contributed by atoms with Gasteiger partial charge < -0.3 is 4.74 Å². The molecule has 0 spiro atoms. The number of benzene rings is 2. The molecular weight excluding hydrogens is 328 g/mol. The molecule has 144 valence electrons. The van der Waals surface area contributed by atoms with Crippen LogP contribution in [-0.4, -0.2) is 0 Å². The quantitative estimate of drug-likeness (QED) is 0.512. The first-order valence-electron chi connectivity index (χ1n) is 10.3. The summed E-state index contributed by atoms with van der Waals surface area (Å²) in [5.41, 5.74) is 3.16. The number of fused-ring (bicyclic) bond motifs is 1. The normalized spacial score (nSPS) is 16.2. The Kier molecular flexibility index (Phi) is 6.09. The van der Waals surface area contributed by atoms with Crippen molar-refractivity contribution < 1.29 is 4.74 Å². The van der Waals surface area contributed by atoms with Gasteiger partial charge in [0.05, 0.1) is 5.76 Å². The highest BCUT2D eigenvalue weighted by Gasteiger charge is 2.29. The zero-order valence-electron chi connectivity index (χ0n) is 17.6. The second-order valence-corrected chi connectivity index (χ2v) is 9.35. The third-order valence-electron chi connectivity index (χ3n) is 5.64. The van der Waals surface area contributed by atoms with Crippen LogP contribution in [0, 0.1) is 17.3 Å². The maximum atomic E-state index is 6.19. The zero-order chi connectivity index (χ0) is 19.4. The van der Waals surface area contributed by atoms with Crippen molar-refractivity contribution in [2.75, 3.05) is 0 Å². The summed E-state index contributed by atoms with van der Waals surface area (Å²) >= 11 is 0. The molecule has 1 nitrogen and oxygen atoms in total. The van der Waals surface area contributed by atoms with Crippen molar-refractivity contribution in [3.63, 3.8) is 0 Å². The van der Waals surface area contributed by atoms with Gasteiger partial charge in [-0.05, 0) is 52.5 Å². The molecule has 1 unspecified atom stereocenters. The van der Waals surface area contributed by atoms with Crippen LogP contribution in [0.4, 0.5) is 0 Å². The smallest absolute Gasteiger partial charge is 0.113 e. The van der Waals surface area contributed by atoms with Crippen LogP contribution >= 0.6 is 0 Å². The van der Waals surface area contributed by atoms with Crippen LogP contribution in [0.5, 0.6) is 0 Å². The minimum Gasteiger partial charge on any atom is -0.493 e. The van der Waals surface area contributed by atoms with Crippen LogP contribution in [0.3, 0.4) is 0 Å². The molecule has 0 aliphatic heterocycles. The Bertz CT molecular complexity index is 827. The molecule has 1 aliphatic carbocycles. The molecule has 0 N–H and O–H groups in total. The Morgan fingerprint density at radius 2 is 1.67 bits per heavy atom. The van der Waals surface area contributed by atoms with Crippen LogP contribution in [0.2, 0.25) is 0 Å². The van der Waals surface area contributed by atoms with Gasteiger partial charge in [-0.25, -0.2) is 0 Å². The van der Waals surface area contributed by atoms with Gasteiger partial charge in [-0.3, -0.25) is 0 Å².